The molecule has 2 aromatic rings. The fraction of sp³-hybridized carbons (Fsp3) is 0.412. The van der Waals surface area contributed by atoms with Crippen LogP contribution in [0.4, 0.5) is 9.52 Å². The molecule has 128 valence electrons. The third kappa shape index (κ3) is 4.10. The lowest BCUT2D eigenvalue weighted by Gasteiger charge is -2.07. The number of thiazole rings is 1. The van der Waals surface area contributed by atoms with Crippen molar-refractivity contribution < 1.29 is 13.9 Å². The molecule has 0 spiro atoms. The quantitative estimate of drug-likeness (QED) is 0.840. The van der Waals surface area contributed by atoms with E-state index in [1.807, 2.05) is 0 Å². The number of ether oxygens (including phenoxy) is 1. The average molecular weight is 349 g/mol. The van der Waals surface area contributed by atoms with Crippen molar-refractivity contribution in [1.82, 2.24) is 10.3 Å². The molecule has 2 heterocycles. The molecule has 0 aliphatic carbocycles. The minimum Gasteiger partial charge on any atom is -0.496 e. The van der Waals surface area contributed by atoms with E-state index in [2.05, 4.69) is 15.6 Å². The normalized spacial score (nSPS) is 17.0. The molecule has 7 heteroatoms. The number of benzene rings is 1. The van der Waals surface area contributed by atoms with Gasteiger partial charge in [-0.05, 0) is 50.0 Å². The van der Waals surface area contributed by atoms with Crippen molar-refractivity contribution in [2.45, 2.75) is 19.3 Å². The summed E-state index contributed by atoms with van der Waals surface area (Å²) in [4.78, 5) is 16.4. The minimum atomic E-state index is -0.352. The number of nitrogens with one attached hydrogen (secondary N) is 2. The number of hydrogen-bond acceptors (Lipinski definition) is 5. The summed E-state index contributed by atoms with van der Waals surface area (Å²) in [7, 11) is 1.53. The van der Waals surface area contributed by atoms with Crippen LogP contribution in [-0.4, -0.2) is 31.1 Å². The Morgan fingerprint density at radius 1 is 1.54 bits per heavy atom. The van der Waals surface area contributed by atoms with Crippen LogP contribution in [0.3, 0.4) is 0 Å². The van der Waals surface area contributed by atoms with Gasteiger partial charge in [0.25, 0.3) is 0 Å². The number of rotatable bonds is 6. The molecule has 1 atom stereocenters. The molecule has 0 radical (unpaired) electrons. The number of hydrogen-bond donors (Lipinski definition) is 2. The van der Waals surface area contributed by atoms with E-state index in [1.54, 1.807) is 11.4 Å². The largest absolute Gasteiger partial charge is 0.496 e. The molecule has 1 aliphatic heterocycles. The van der Waals surface area contributed by atoms with Gasteiger partial charge in [0.05, 0.1) is 12.8 Å². The first-order chi connectivity index (χ1) is 11.7. The van der Waals surface area contributed by atoms with Crippen LogP contribution in [0.15, 0.2) is 23.6 Å². The van der Waals surface area contributed by atoms with E-state index in [1.165, 1.54) is 30.6 Å². The van der Waals surface area contributed by atoms with Crippen molar-refractivity contribution in [2.75, 3.05) is 25.5 Å². The Hall–Kier alpha value is -1.99. The Morgan fingerprint density at radius 3 is 3.17 bits per heavy atom. The maximum absolute atomic E-state index is 13.5. The fourth-order valence-electron chi connectivity index (χ4n) is 2.81. The zero-order valence-corrected chi connectivity index (χ0v) is 14.3. The summed E-state index contributed by atoms with van der Waals surface area (Å²) in [6, 6.07) is 4.29. The fourth-order valence-corrected chi connectivity index (χ4v) is 3.54. The summed E-state index contributed by atoms with van der Waals surface area (Å²) in [5, 5.41) is 8.42. The second-order valence-electron chi connectivity index (χ2n) is 5.83. The Morgan fingerprint density at radius 2 is 2.42 bits per heavy atom. The van der Waals surface area contributed by atoms with Crippen molar-refractivity contribution in [3.05, 3.63) is 29.4 Å². The first-order valence-electron chi connectivity index (χ1n) is 7.95. The third-order valence-corrected chi connectivity index (χ3v) is 4.89. The van der Waals surface area contributed by atoms with Crippen LogP contribution < -0.4 is 15.4 Å². The molecule has 1 aliphatic rings. The zero-order chi connectivity index (χ0) is 16.9. The van der Waals surface area contributed by atoms with Crippen molar-refractivity contribution >= 4 is 22.4 Å². The summed E-state index contributed by atoms with van der Waals surface area (Å²) in [6.07, 6.45) is 2.51. The van der Waals surface area contributed by atoms with Crippen LogP contribution in [0.2, 0.25) is 0 Å². The number of nitrogens with zero attached hydrogens (tertiary/aromatic N) is 1. The van der Waals surface area contributed by atoms with Crippen molar-refractivity contribution in [3.8, 4) is 17.0 Å². The van der Waals surface area contributed by atoms with Gasteiger partial charge in [-0.15, -0.1) is 11.3 Å². The number of methoxy groups -OCH3 is 1. The lowest BCUT2D eigenvalue weighted by molar-refractivity contribution is -0.116. The number of aromatic nitrogens is 1. The molecule has 24 heavy (non-hydrogen) atoms. The Labute approximate surface area is 144 Å². The highest BCUT2D eigenvalue weighted by atomic mass is 32.1. The maximum atomic E-state index is 13.5. The van der Waals surface area contributed by atoms with Crippen molar-refractivity contribution in [3.63, 3.8) is 0 Å². The van der Waals surface area contributed by atoms with Crippen LogP contribution >= 0.6 is 11.3 Å². The monoisotopic (exact) mass is 349 g/mol. The van der Waals surface area contributed by atoms with Gasteiger partial charge in [-0.2, -0.15) is 0 Å². The molecule has 1 amide bonds. The highest BCUT2D eigenvalue weighted by Gasteiger charge is 2.17. The van der Waals surface area contributed by atoms with Crippen LogP contribution in [-0.2, 0) is 4.79 Å². The first-order valence-corrected chi connectivity index (χ1v) is 8.83. The molecule has 0 saturated carbocycles. The molecule has 3 rings (SSSR count). The van der Waals surface area contributed by atoms with Gasteiger partial charge >= 0.3 is 0 Å². The predicted molar refractivity (Wildman–Crippen MR) is 92.9 cm³/mol. The predicted octanol–water partition coefficient (Wildman–Crippen LogP) is 3.29. The molecule has 0 bridgehead atoms. The Balaban J connectivity index is 1.63. The number of amides is 1. The summed E-state index contributed by atoms with van der Waals surface area (Å²) >= 11 is 1.32. The van der Waals surface area contributed by atoms with E-state index in [0.717, 1.165) is 25.9 Å². The van der Waals surface area contributed by atoms with Gasteiger partial charge in [-0.1, -0.05) is 0 Å². The number of carbonyl (C=O) groups excluding carboxylic acids is 1. The van der Waals surface area contributed by atoms with E-state index < -0.39 is 0 Å². The van der Waals surface area contributed by atoms with Crippen molar-refractivity contribution in [2.24, 2.45) is 5.92 Å². The molecule has 1 aromatic carbocycles. The third-order valence-electron chi connectivity index (χ3n) is 4.13. The standard InChI is InChI=1S/C17H20FN3O2S/c1-23-15-4-3-12(18)8-13(15)14-10-24-17(20-14)21-16(22)5-2-11-6-7-19-9-11/h3-4,8,10-11,19H,2,5-7,9H2,1H3,(H,20,21,22). The van der Waals surface area contributed by atoms with Gasteiger partial charge in [-0.25, -0.2) is 9.37 Å². The SMILES string of the molecule is COc1ccc(F)cc1-c1csc(NC(=O)CCC2CCNC2)n1. The summed E-state index contributed by atoms with van der Waals surface area (Å²) < 4.78 is 18.7. The maximum Gasteiger partial charge on any atom is 0.226 e. The van der Waals surface area contributed by atoms with Gasteiger partial charge < -0.3 is 15.4 Å². The van der Waals surface area contributed by atoms with Gasteiger partial charge in [0, 0.05) is 17.4 Å². The highest BCUT2D eigenvalue weighted by molar-refractivity contribution is 7.14. The van der Waals surface area contributed by atoms with Crippen LogP contribution in [0.5, 0.6) is 5.75 Å². The molecule has 5 nitrogen and oxygen atoms in total. The van der Waals surface area contributed by atoms with Crippen LogP contribution in [0.25, 0.3) is 11.3 Å². The van der Waals surface area contributed by atoms with Gasteiger partial charge in [0.1, 0.15) is 11.6 Å². The highest BCUT2D eigenvalue weighted by Crippen LogP contribution is 2.32. The topological polar surface area (TPSA) is 63.2 Å². The Bertz CT molecular complexity index is 714. The summed E-state index contributed by atoms with van der Waals surface area (Å²) in [5.41, 5.74) is 1.16. The minimum absolute atomic E-state index is 0.0333. The van der Waals surface area contributed by atoms with E-state index in [4.69, 9.17) is 4.74 Å². The Kier molecular flexibility index (Phi) is 5.42. The second-order valence-corrected chi connectivity index (χ2v) is 6.69. The molecule has 2 N–H and O–H groups in total. The van der Waals surface area contributed by atoms with E-state index in [9.17, 15) is 9.18 Å². The zero-order valence-electron chi connectivity index (χ0n) is 13.5. The second kappa shape index (κ2) is 7.72. The number of halogens is 1. The molecule has 1 saturated heterocycles. The lowest BCUT2D eigenvalue weighted by Crippen LogP contribution is -2.14. The van der Waals surface area contributed by atoms with Crippen LogP contribution in [0, 0.1) is 11.7 Å². The molecule has 1 aromatic heterocycles. The average Bonchev–Trinajstić information content (AvgIpc) is 3.24. The lowest BCUT2D eigenvalue weighted by atomic mass is 10.0. The van der Waals surface area contributed by atoms with Gasteiger partial charge in [0.2, 0.25) is 5.91 Å². The molecular formula is C17H20FN3O2S. The van der Waals surface area contributed by atoms with Crippen molar-refractivity contribution in [1.29, 1.82) is 0 Å². The summed E-state index contributed by atoms with van der Waals surface area (Å²) in [5.74, 6) is 0.746. The first kappa shape index (κ1) is 16.9. The smallest absolute Gasteiger partial charge is 0.226 e. The molecule has 1 fully saturated rings. The van der Waals surface area contributed by atoms with Crippen LogP contribution in [0.1, 0.15) is 19.3 Å². The van der Waals surface area contributed by atoms with Gasteiger partial charge in [0.15, 0.2) is 5.13 Å². The van der Waals surface area contributed by atoms with E-state index >= 15 is 0 Å². The number of carbonyl (C=O) groups is 1. The molecular weight excluding hydrogens is 329 g/mol. The molecule has 1 unspecified atom stereocenters. The van der Waals surface area contributed by atoms with E-state index in [0.29, 0.717) is 34.5 Å². The summed E-state index contributed by atoms with van der Waals surface area (Å²) in [6.45, 7) is 2.03. The van der Waals surface area contributed by atoms with Gasteiger partial charge in [-0.3, -0.25) is 4.79 Å². The van der Waals surface area contributed by atoms with E-state index in [-0.39, 0.29) is 11.7 Å². The number of anilines is 1.